The Kier molecular flexibility index (Phi) is 3.93. The van der Waals surface area contributed by atoms with Gasteiger partial charge in [0.05, 0.1) is 6.61 Å². The summed E-state index contributed by atoms with van der Waals surface area (Å²) < 4.78 is 11.0. The predicted octanol–water partition coefficient (Wildman–Crippen LogP) is 2.00. The lowest BCUT2D eigenvalue weighted by molar-refractivity contribution is -0.0176. The minimum absolute atomic E-state index is 0.332. The van der Waals surface area contributed by atoms with Gasteiger partial charge in [0.2, 0.25) is 0 Å². The molecule has 0 aliphatic carbocycles. The van der Waals surface area contributed by atoms with Crippen molar-refractivity contribution in [2.24, 2.45) is 0 Å². The van der Waals surface area contributed by atoms with E-state index in [-0.39, 0.29) is 0 Å². The number of hydrogen-bond acceptors (Lipinski definition) is 4. The van der Waals surface area contributed by atoms with Gasteiger partial charge in [0, 0.05) is 48.4 Å². The summed E-state index contributed by atoms with van der Waals surface area (Å²) >= 11 is 6.19. The molecule has 0 unspecified atom stereocenters. The van der Waals surface area contributed by atoms with Gasteiger partial charge in [-0.3, -0.25) is 4.90 Å². The minimum atomic E-state index is 0.332. The average molecular weight is 283 g/mol. The lowest BCUT2D eigenvalue weighted by atomic mass is 10.1. The third kappa shape index (κ3) is 2.87. The van der Waals surface area contributed by atoms with Crippen molar-refractivity contribution in [1.29, 1.82) is 0 Å². The summed E-state index contributed by atoms with van der Waals surface area (Å²) in [6.07, 6.45) is 0. The number of halogens is 1. The van der Waals surface area contributed by atoms with Crippen molar-refractivity contribution in [3.63, 3.8) is 0 Å². The van der Waals surface area contributed by atoms with Crippen molar-refractivity contribution >= 4 is 11.6 Å². The molecule has 0 bridgehead atoms. The van der Waals surface area contributed by atoms with Crippen LogP contribution in [0.5, 0.6) is 5.75 Å². The largest absolute Gasteiger partial charge is 0.467 e. The molecule has 1 N–H and O–H groups in total. The first-order valence-electron chi connectivity index (χ1n) is 6.70. The van der Waals surface area contributed by atoms with Gasteiger partial charge in [-0.05, 0) is 19.1 Å². The second-order valence-corrected chi connectivity index (χ2v) is 5.62. The van der Waals surface area contributed by atoms with Gasteiger partial charge in [0.15, 0.2) is 6.79 Å². The van der Waals surface area contributed by atoms with Gasteiger partial charge in [-0.25, -0.2) is 0 Å². The number of piperazine rings is 1. The Bertz CT molecular complexity index is 467. The van der Waals surface area contributed by atoms with E-state index < -0.39 is 0 Å². The van der Waals surface area contributed by atoms with Crippen molar-refractivity contribution < 1.29 is 9.47 Å². The summed E-state index contributed by atoms with van der Waals surface area (Å²) in [5.41, 5.74) is 2.22. The Balaban J connectivity index is 1.85. The molecule has 4 nitrogen and oxygen atoms in total. The molecular weight excluding hydrogens is 264 g/mol. The SMILES string of the molecule is C[C@H]1CNCCN1Cc1cc(Cl)cc2c1OCOC2. The zero-order valence-electron chi connectivity index (χ0n) is 11.1. The summed E-state index contributed by atoms with van der Waals surface area (Å²) in [6.45, 7) is 7.17. The maximum absolute atomic E-state index is 6.19. The van der Waals surface area contributed by atoms with E-state index in [9.17, 15) is 0 Å². The van der Waals surface area contributed by atoms with E-state index in [1.807, 2.05) is 12.1 Å². The smallest absolute Gasteiger partial charge is 0.189 e. The van der Waals surface area contributed by atoms with Crippen molar-refractivity contribution in [3.05, 3.63) is 28.3 Å². The molecule has 1 aromatic rings. The van der Waals surface area contributed by atoms with E-state index in [4.69, 9.17) is 21.1 Å². The highest BCUT2D eigenvalue weighted by Gasteiger charge is 2.22. The van der Waals surface area contributed by atoms with Gasteiger partial charge < -0.3 is 14.8 Å². The Hall–Kier alpha value is -0.810. The van der Waals surface area contributed by atoms with Gasteiger partial charge in [0.1, 0.15) is 5.75 Å². The van der Waals surface area contributed by atoms with Crippen LogP contribution in [0, 0.1) is 0 Å². The van der Waals surface area contributed by atoms with E-state index in [2.05, 4.69) is 17.1 Å². The lowest BCUT2D eigenvalue weighted by Gasteiger charge is -2.34. The van der Waals surface area contributed by atoms with E-state index in [0.717, 1.165) is 42.5 Å². The molecule has 1 fully saturated rings. The molecular formula is C14H19ClN2O2. The Morgan fingerprint density at radius 3 is 3.21 bits per heavy atom. The summed E-state index contributed by atoms with van der Waals surface area (Å²) in [4.78, 5) is 2.46. The second kappa shape index (κ2) is 5.67. The minimum Gasteiger partial charge on any atom is -0.467 e. The third-order valence-electron chi connectivity index (χ3n) is 3.76. The average Bonchev–Trinajstić information content (AvgIpc) is 2.41. The molecule has 0 amide bonds. The number of nitrogens with zero attached hydrogens (tertiary/aromatic N) is 1. The molecule has 2 aliphatic heterocycles. The van der Waals surface area contributed by atoms with E-state index in [0.29, 0.717) is 19.4 Å². The van der Waals surface area contributed by atoms with Gasteiger partial charge in [-0.1, -0.05) is 11.6 Å². The number of benzene rings is 1. The van der Waals surface area contributed by atoms with Gasteiger partial charge in [-0.2, -0.15) is 0 Å². The van der Waals surface area contributed by atoms with E-state index in [1.165, 1.54) is 5.56 Å². The zero-order chi connectivity index (χ0) is 13.2. The van der Waals surface area contributed by atoms with E-state index in [1.54, 1.807) is 0 Å². The number of hydrogen-bond donors (Lipinski definition) is 1. The number of rotatable bonds is 2. The molecule has 0 radical (unpaired) electrons. The quantitative estimate of drug-likeness (QED) is 0.900. The fraction of sp³-hybridized carbons (Fsp3) is 0.571. The first-order chi connectivity index (χ1) is 9.24. The van der Waals surface area contributed by atoms with E-state index >= 15 is 0 Å². The second-order valence-electron chi connectivity index (χ2n) is 5.19. The maximum atomic E-state index is 6.19. The van der Waals surface area contributed by atoms with Crippen LogP contribution >= 0.6 is 11.6 Å². The van der Waals surface area contributed by atoms with Crippen LogP contribution in [-0.2, 0) is 17.9 Å². The highest BCUT2D eigenvalue weighted by atomic mass is 35.5. The van der Waals surface area contributed by atoms with Crippen LogP contribution in [0.3, 0.4) is 0 Å². The van der Waals surface area contributed by atoms with Gasteiger partial charge in [0.25, 0.3) is 0 Å². The van der Waals surface area contributed by atoms with Crippen LogP contribution in [0.25, 0.3) is 0 Å². The standard InChI is InChI=1S/C14H19ClN2O2/c1-10-6-16-2-3-17(10)7-11-4-13(15)5-12-8-18-9-19-14(11)12/h4-5,10,16H,2-3,6-9H2,1H3/t10-/m0/s1. The first kappa shape index (κ1) is 13.2. The van der Waals surface area contributed by atoms with Gasteiger partial charge >= 0.3 is 0 Å². The number of ether oxygens (including phenoxy) is 2. The van der Waals surface area contributed by atoms with Crippen molar-refractivity contribution in [3.8, 4) is 5.75 Å². The van der Waals surface area contributed by atoms with Crippen LogP contribution in [0.2, 0.25) is 5.02 Å². The number of nitrogens with one attached hydrogen (secondary N) is 1. The fourth-order valence-electron chi connectivity index (χ4n) is 2.71. The highest BCUT2D eigenvalue weighted by molar-refractivity contribution is 6.30. The molecule has 1 aromatic carbocycles. The Morgan fingerprint density at radius 2 is 2.37 bits per heavy atom. The first-order valence-corrected chi connectivity index (χ1v) is 7.08. The monoisotopic (exact) mass is 282 g/mol. The summed E-state index contributed by atoms with van der Waals surface area (Å²) in [5, 5.41) is 4.16. The molecule has 0 saturated carbocycles. The summed E-state index contributed by atoms with van der Waals surface area (Å²) in [6, 6.07) is 4.48. The molecule has 2 aliphatic rings. The maximum Gasteiger partial charge on any atom is 0.189 e. The topological polar surface area (TPSA) is 33.7 Å². The predicted molar refractivity (Wildman–Crippen MR) is 74.5 cm³/mol. The Morgan fingerprint density at radius 1 is 1.47 bits per heavy atom. The van der Waals surface area contributed by atoms with Crippen LogP contribution in [-0.4, -0.2) is 37.4 Å². The number of fused-ring (bicyclic) bond motifs is 1. The van der Waals surface area contributed by atoms with Crippen molar-refractivity contribution in [2.75, 3.05) is 26.4 Å². The van der Waals surface area contributed by atoms with Crippen LogP contribution < -0.4 is 10.1 Å². The van der Waals surface area contributed by atoms with Crippen LogP contribution in [0.15, 0.2) is 12.1 Å². The van der Waals surface area contributed by atoms with Crippen LogP contribution in [0.4, 0.5) is 0 Å². The van der Waals surface area contributed by atoms with Crippen molar-refractivity contribution in [2.45, 2.75) is 26.1 Å². The molecule has 1 saturated heterocycles. The molecule has 5 heteroatoms. The summed E-state index contributed by atoms with van der Waals surface area (Å²) in [7, 11) is 0. The molecule has 19 heavy (non-hydrogen) atoms. The van der Waals surface area contributed by atoms with Crippen LogP contribution in [0.1, 0.15) is 18.1 Å². The third-order valence-corrected chi connectivity index (χ3v) is 3.98. The van der Waals surface area contributed by atoms with Gasteiger partial charge in [-0.15, -0.1) is 0 Å². The molecule has 0 spiro atoms. The molecule has 3 rings (SSSR count). The normalized spacial score (nSPS) is 23.8. The summed E-state index contributed by atoms with van der Waals surface area (Å²) in [5.74, 6) is 0.960. The molecule has 104 valence electrons. The molecule has 2 heterocycles. The molecule has 1 atom stereocenters. The molecule has 0 aromatic heterocycles. The lowest BCUT2D eigenvalue weighted by Crippen LogP contribution is -2.49. The Labute approximate surface area is 118 Å². The van der Waals surface area contributed by atoms with Crippen molar-refractivity contribution in [1.82, 2.24) is 10.2 Å². The fourth-order valence-corrected chi connectivity index (χ4v) is 2.97. The highest BCUT2D eigenvalue weighted by Crippen LogP contribution is 2.32. The zero-order valence-corrected chi connectivity index (χ0v) is 11.9.